The Bertz CT molecular complexity index is 808. The Labute approximate surface area is 158 Å². The molecule has 0 radical (unpaired) electrons. The maximum atomic E-state index is 12.3. The van der Waals surface area contributed by atoms with E-state index >= 15 is 0 Å². The topological polar surface area (TPSA) is 99.7 Å². The highest BCUT2D eigenvalue weighted by Gasteiger charge is 2.14. The minimum absolute atomic E-state index is 0.130. The zero-order chi connectivity index (χ0) is 19.8. The van der Waals surface area contributed by atoms with Crippen LogP contribution in [0.2, 0.25) is 0 Å². The summed E-state index contributed by atoms with van der Waals surface area (Å²) in [6.45, 7) is 4.48. The number of aromatic hydroxyl groups is 1. The number of hydrogen-bond donors (Lipinski definition) is 4. The summed E-state index contributed by atoms with van der Waals surface area (Å²) in [6.07, 6.45) is 0. The Morgan fingerprint density at radius 3 is 2.59 bits per heavy atom. The van der Waals surface area contributed by atoms with Crippen LogP contribution in [0.5, 0.6) is 5.75 Å². The van der Waals surface area contributed by atoms with Gasteiger partial charge in [0.05, 0.1) is 12.6 Å². The minimum Gasteiger partial charge on any atom is -0.508 e. The zero-order valence-corrected chi connectivity index (χ0v) is 15.7. The second-order valence-corrected chi connectivity index (χ2v) is 6.16. The number of phenols is 1. The number of carbonyl (C=O) groups is 2. The number of ether oxygens (including phenoxy) is 1. The second-order valence-electron chi connectivity index (χ2n) is 6.16. The van der Waals surface area contributed by atoms with E-state index in [0.29, 0.717) is 30.0 Å². The third-order valence-corrected chi connectivity index (χ3v) is 4.08. The first-order valence-electron chi connectivity index (χ1n) is 8.65. The molecule has 0 fully saturated rings. The van der Waals surface area contributed by atoms with Crippen molar-refractivity contribution in [3.63, 3.8) is 0 Å². The van der Waals surface area contributed by atoms with Crippen LogP contribution in [-0.4, -0.2) is 37.3 Å². The average Bonchev–Trinajstić information content (AvgIpc) is 2.63. The van der Waals surface area contributed by atoms with Gasteiger partial charge in [0.1, 0.15) is 5.75 Å². The van der Waals surface area contributed by atoms with Crippen molar-refractivity contribution in [2.24, 2.45) is 0 Å². The number of aryl methyl sites for hydroxylation is 1. The summed E-state index contributed by atoms with van der Waals surface area (Å²) < 4.78 is 4.90. The summed E-state index contributed by atoms with van der Waals surface area (Å²) in [5.74, 6) is -0.0651. The maximum absolute atomic E-state index is 12.3. The second kappa shape index (κ2) is 9.59. The van der Waals surface area contributed by atoms with Gasteiger partial charge in [0, 0.05) is 30.5 Å². The van der Waals surface area contributed by atoms with Gasteiger partial charge in [0.25, 0.3) is 5.91 Å². The van der Waals surface area contributed by atoms with E-state index in [-0.39, 0.29) is 17.7 Å². The molecule has 2 aromatic rings. The fourth-order valence-electron chi connectivity index (χ4n) is 2.60. The van der Waals surface area contributed by atoms with Crippen molar-refractivity contribution < 1.29 is 19.4 Å². The first-order valence-corrected chi connectivity index (χ1v) is 8.65. The molecule has 7 heteroatoms. The molecule has 2 rings (SSSR count). The first-order chi connectivity index (χ1) is 12.9. The van der Waals surface area contributed by atoms with Gasteiger partial charge >= 0.3 is 6.03 Å². The van der Waals surface area contributed by atoms with Gasteiger partial charge < -0.3 is 25.8 Å². The number of anilines is 1. The van der Waals surface area contributed by atoms with Crippen molar-refractivity contribution in [3.05, 3.63) is 59.2 Å². The molecule has 0 heterocycles. The van der Waals surface area contributed by atoms with Crippen LogP contribution < -0.4 is 16.0 Å². The quantitative estimate of drug-likeness (QED) is 0.562. The molecule has 0 saturated carbocycles. The van der Waals surface area contributed by atoms with Gasteiger partial charge in [-0.05, 0) is 43.7 Å². The Balaban J connectivity index is 1.97. The van der Waals surface area contributed by atoms with Gasteiger partial charge in [-0.1, -0.05) is 18.2 Å². The van der Waals surface area contributed by atoms with E-state index in [9.17, 15) is 14.7 Å². The maximum Gasteiger partial charge on any atom is 0.319 e. The fourth-order valence-corrected chi connectivity index (χ4v) is 2.60. The third-order valence-electron chi connectivity index (χ3n) is 4.08. The summed E-state index contributed by atoms with van der Waals surface area (Å²) >= 11 is 0. The van der Waals surface area contributed by atoms with Crippen LogP contribution >= 0.6 is 0 Å². The molecule has 3 amide bonds. The number of methoxy groups -OCH3 is 1. The summed E-state index contributed by atoms with van der Waals surface area (Å²) in [6, 6.07) is 11.1. The molecule has 1 atom stereocenters. The molecular formula is C20H25N3O4. The molecule has 4 N–H and O–H groups in total. The Kier molecular flexibility index (Phi) is 7.19. The van der Waals surface area contributed by atoms with Crippen LogP contribution in [0, 0.1) is 6.92 Å². The lowest BCUT2D eigenvalue weighted by atomic mass is 10.1. The van der Waals surface area contributed by atoms with Crippen molar-refractivity contribution in [1.29, 1.82) is 0 Å². The Morgan fingerprint density at radius 2 is 1.93 bits per heavy atom. The van der Waals surface area contributed by atoms with E-state index in [1.807, 2.05) is 6.92 Å². The Morgan fingerprint density at radius 1 is 1.19 bits per heavy atom. The molecule has 7 nitrogen and oxygen atoms in total. The molecule has 0 saturated heterocycles. The molecule has 0 aliphatic carbocycles. The van der Waals surface area contributed by atoms with E-state index in [4.69, 9.17) is 4.74 Å². The van der Waals surface area contributed by atoms with Gasteiger partial charge in [-0.2, -0.15) is 0 Å². The van der Waals surface area contributed by atoms with Crippen LogP contribution in [0.1, 0.15) is 34.5 Å². The fraction of sp³-hybridized carbons (Fsp3) is 0.300. The monoisotopic (exact) mass is 371 g/mol. The molecule has 2 aromatic carbocycles. The van der Waals surface area contributed by atoms with Crippen molar-refractivity contribution >= 4 is 17.6 Å². The molecule has 0 aliphatic rings. The van der Waals surface area contributed by atoms with Gasteiger partial charge in [0.2, 0.25) is 0 Å². The van der Waals surface area contributed by atoms with Crippen LogP contribution in [0.4, 0.5) is 10.5 Å². The zero-order valence-electron chi connectivity index (χ0n) is 15.7. The number of rotatable bonds is 7. The summed E-state index contributed by atoms with van der Waals surface area (Å²) in [4.78, 5) is 24.3. The Hall–Kier alpha value is -3.06. The molecule has 0 spiro atoms. The molecule has 0 aliphatic heterocycles. The van der Waals surface area contributed by atoms with Crippen LogP contribution in [0.25, 0.3) is 0 Å². The number of phenolic OH excluding ortho intramolecular Hbond substituents is 1. The summed E-state index contributed by atoms with van der Waals surface area (Å²) in [7, 11) is 1.57. The van der Waals surface area contributed by atoms with Gasteiger partial charge in [-0.3, -0.25) is 4.79 Å². The number of hydrogen-bond acceptors (Lipinski definition) is 4. The van der Waals surface area contributed by atoms with Crippen molar-refractivity contribution in [1.82, 2.24) is 10.6 Å². The van der Waals surface area contributed by atoms with Crippen molar-refractivity contribution in [3.8, 4) is 5.75 Å². The lowest BCUT2D eigenvalue weighted by Gasteiger charge is -2.17. The first kappa shape index (κ1) is 20.3. The number of amides is 3. The summed E-state index contributed by atoms with van der Waals surface area (Å²) in [5.41, 5.74) is 2.51. The van der Waals surface area contributed by atoms with Crippen LogP contribution in [0.15, 0.2) is 42.5 Å². The number of carbonyl (C=O) groups excluding carboxylic acids is 2. The van der Waals surface area contributed by atoms with Gasteiger partial charge in [0.15, 0.2) is 0 Å². The highest BCUT2D eigenvalue weighted by Crippen LogP contribution is 2.23. The lowest BCUT2D eigenvalue weighted by molar-refractivity contribution is 0.0937. The largest absolute Gasteiger partial charge is 0.508 e. The lowest BCUT2D eigenvalue weighted by Crippen LogP contribution is -2.31. The third kappa shape index (κ3) is 5.72. The normalized spacial score (nSPS) is 11.5. The number of para-hydroxylation sites is 1. The smallest absolute Gasteiger partial charge is 0.319 e. The average molecular weight is 371 g/mol. The predicted molar refractivity (Wildman–Crippen MR) is 104 cm³/mol. The highest BCUT2D eigenvalue weighted by molar-refractivity contribution is 5.96. The van der Waals surface area contributed by atoms with Gasteiger partial charge in [-0.15, -0.1) is 0 Å². The minimum atomic E-state index is -0.397. The van der Waals surface area contributed by atoms with E-state index in [1.165, 1.54) is 0 Å². The van der Waals surface area contributed by atoms with Crippen LogP contribution in [0.3, 0.4) is 0 Å². The molecule has 27 heavy (non-hydrogen) atoms. The standard InChI is InChI=1S/C20H25N3O4/c1-13-12-15(19(25)21-10-11-27-3)8-9-17(13)23-20(26)22-14(2)16-6-4-5-7-18(16)24/h4-9,12,14,24H,10-11H2,1-3H3,(H,21,25)(H2,22,23,26). The van der Waals surface area contributed by atoms with E-state index in [0.717, 1.165) is 5.56 Å². The number of benzene rings is 2. The van der Waals surface area contributed by atoms with E-state index in [1.54, 1.807) is 56.5 Å². The molecule has 1 unspecified atom stereocenters. The molecule has 144 valence electrons. The van der Waals surface area contributed by atoms with E-state index < -0.39 is 6.03 Å². The molecule has 0 bridgehead atoms. The SMILES string of the molecule is COCCNC(=O)c1ccc(NC(=O)NC(C)c2ccccc2O)c(C)c1. The number of urea groups is 1. The van der Waals surface area contributed by atoms with Crippen LogP contribution in [-0.2, 0) is 4.74 Å². The predicted octanol–water partition coefficient (Wildman–Crippen LogP) is 2.96. The highest BCUT2D eigenvalue weighted by atomic mass is 16.5. The van der Waals surface area contributed by atoms with Crippen molar-refractivity contribution in [2.75, 3.05) is 25.6 Å². The van der Waals surface area contributed by atoms with E-state index in [2.05, 4.69) is 16.0 Å². The number of nitrogens with one attached hydrogen (secondary N) is 3. The molecule has 0 aromatic heterocycles. The summed E-state index contributed by atoms with van der Waals surface area (Å²) in [5, 5.41) is 18.2. The van der Waals surface area contributed by atoms with Crippen molar-refractivity contribution in [2.45, 2.75) is 19.9 Å². The van der Waals surface area contributed by atoms with Gasteiger partial charge in [-0.25, -0.2) is 4.79 Å². The molecular weight excluding hydrogens is 346 g/mol.